The highest BCUT2D eigenvalue weighted by molar-refractivity contribution is 5.84. The summed E-state index contributed by atoms with van der Waals surface area (Å²) in [5.74, 6) is -1.23. The smallest absolute Gasteiger partial charge is 0.426 e. The van der Waals surface area contributed by atoms with Gasteiger partial charge in [-0.3, -0.25) is 0 Å². The number of rotatable bonds is 9. The number of benzene rings is 3. The van der Waals surface area contributed by atoms with E-state index in [1.54, 1.807) is 12.1 Å². The summed E-state index contributed by atoms with van der Waals surface area (Å²) in [6, 6.07) is 14.3. The molecule has 0 radical (unpaired) electrons. The van der Waals surface area contributed by atoms with Crippen LogP contribution in [0.4, 0.5) is 13.2 Å². The topological polar surface area (TPSA) is 9.23 Å². The van der Waals surface area contributed by atoms with Crippen LogP contribution in [0.3, 0.4) is 0 Å². The Bertz CT molecular complexity index is 948. The minimum atomic E-state index is -3.61. The molecule has 3 rings (SSSR count). The van der Waals surface area contributed by atoms with Gasteiger partial charge in [-0.1, -0.05) is 63.4 Å². The van der Waals surface area contributed by atoms with Crippen molar-refractivity contribution in [3.05, 3.63) is 77.1 Å². The van der Waals surface area contributed by atoms with E-state index < -0.39 is 17.7 Å². The Hall–Kier alpha value is -2.49. The molecule has 0 atom stereocenters. The van der Waals surface area contributed by atoms with E-state index in [4.69, 9.17) is 4.74 Å². The molecule has 0 aliphatic carbocycles. The molecular weight excluding hydrogens is 373 g/mol. The predicted molar refractivity (Wildman–Crippen MR) is 112 cm³/mol. The van der Waals surface area contributed by atoms with Crippen LogP contribution >= 0.6 is 0 Å². The lowest BCUT2D eigenvalue weighted by atomic mass is 10.0. The molecule has 0 amide bonds. The largest absolute Gasteiger partial charge is 0.426 e. The molecule has 3 aromatic carbocycles. The van der Waals surface area contributed by atoms with E-state index in [0.717, 1.165) is 49.7 Å². The van der Waals surface area contributed by atoms with Crippen molar-refractivity contribution in [3.8, 4) is 5.75 Å². The highest BCUT2D eigenvalue weighted by atomic mass is 19.3. The third-order valence-electron chi connectivity index (χ3n) is 5.09. The number of unbranched alkanes of at least 4 members (excludes halogenated alkanes) is 2. The van der Waals surface area contributed by atoms with E-state index in [9.17, 15) is 13.2 Å². The Labute approximate surface area is 170 Å². The van der Waals surface area contributed by atoms with Gasteiger partial charge in [0.2, 0.25) is 0 Å². The number of hydrogen-bond acceptors (Lipinski definition) is 1. The van der Waals surface area contributed by atoms with Crippen molar-refractivity contribution < 1.29 is 17.9 Å². The number of fused-ring (bicyclic) bond motifs is 1. The van der Waals surface area contributed by atoms with Crippen LogP contribution in [0.1, 0.15) is 56.2 Å². The Morgan fingerprint density at radius 3 is 2.17 bits per heavy atom. The van der Waals surface area contributed by atoms with Gasteiger partial charge in [-0.2, -0.15) is 8.78 Å². The lowest BCUT2D eigenvalue weighted by Gasteiger charge is -2.19. The van der Waals surface area contributed by atoms with Gasteiger partial charge in [-0.15, -0.1) is 0 Å². The first-order chi connectivity index (χ1) is 13.9. The molecule has 0 heterocycles. The highest BCUT2D eigenvalue weighted by Gasteiger charge is 2.35. The first-order valence-corrected chi connectivity index (χ1v) is 10.3. The van der Waals surface area contributed by atoms with Gasteiger partial charge in [0.1, 0.15) is 0 Å². The van der Waals surface area contributed by atoms with Crippen molar-refractivity contribution in [3.63, 3.8) is 0 Å². The summed E-state index contributed by atoms with van der Waals surface area (Å²) >= 11 is 0. The fourth-order valence-electron chi connectivity index (χ4n) is 3.46. The van der Waals surface area contributed by atoms with Gasteiger partial charge in [0.15, 0.2) is 11.6 Å². The second-order valence-corrected chi connectivity index (χ2v) is 7.49. The van der Waals surface area contributed by atoms with Crippen molar-refractivity contribution in [2.24, 2.45) is 0 Å². The van der Waals surface area contributed by atoms with Gasteiger partial charge in [0, 0.05) is 0 Å². The third-order valence-corrected chi connectivity index (χ3v) is 5.09. The summed E-state index contributed by atoms with van der Waals surface area (Å²) in [6.07, 6.45) is 2.44. The van der Waals surface area contributed by atoms with Gasteiger partial charge in [-0.05, 0) is 65.4 Å². The predicted octanol–water partition coefficient (Wildman–Crippen LogP) is 7.79. The lowest BCUT2D eigenvalue weighted by Crippen LogP contribution is -2.22. The van der Waals surface area contributed by atoms with Crippen LogP contribution < -0.4 is 4.74 Å². The molecule has 0 spiro atoms. The number of halogens is 3. The Morgan fingerprint density at radius 2 is 1.48 bits per heavy atom. The zero-order chi connectivity index (χ0) is 20.9. The monoisotopic (exact) mass is 400 g/mol. The average Bonchev–Trinajstić information content (AvgIpc) is 2.69. The van der Waals surface area contributed by atoms with Crippen LogP contribution in [0, 0.1) is 5.82 Å². The van der Waals surface area contributed by atoms with Crippen molar-refractivity contribution in [2.75, 3.05) is 0 Å². The van der Waals surface area contributed by atoms with Crippen LogP contribution in [0.5, 0.6) is 5.75 Å². The fourth-order valence-corrected chi connectivity index (χ4v) is 3.46. The zero-order valence-electron chi connectivity index (χ0n) is 17.0. The molecule has 29 heavy (non-hydrogen) atoms. The van der Waals surface area contributed by atoms with E-state index >= 15 is 0 Å². The van der Waals surface area contributed by atoms with Crippen LogP contribution in [0.15, 0.2) is 54.6 Å². The van der Waals surface area contributed by atoms with Gasteiger partial charge >= 0.3 is 6.11 Å². The number of alkyl halides is 2. The van der Waals surface area contributed by atoms with E-state index in [-0.39, 0.29) is 5.56 Å². The first-order valence-electron chi connectivity index (χ1n) is 10.3. The van der Waals surface area contributed by atoms with E-state index in [1.807, 2.05) is 25.1 Å². The van der Waals surface area contributed by atoms with Crippen LogP contribution in [0.25, 0.3) is 10.8 Å². The summed E-state index contributed by atoms with van der Waals surface area (Å²) in [4.78, 5) is 0. The Morgan fingerprint density at radius 1 is 0.759 bits per heavy atom. The normalized spacial score (nSPS) is 11.8. The molecule has 154 valence electrons. The molecule has 0 fully saturated rings. The molecule has 0 aliphatic heterocycles. The van der Waals surface area contributed by atoms with Crippen LogP contribution in [-0.2, 0) is 19.0 Å². The molecule has 3 aromatic rings. The Balaban J connectivity index is 1.81. The van der Waals surface area contributed by atoms with Gasteiger partial charge in [-0.25, -0.2) is 4.39 Å². The minimum absolute atomic E-state index is 0.289. The molecule has 0 saturated carbocycles. The maximum absolute atomic E-state index is 14.6. The fraction of sp³-hybridized carbons (Fsp3) is 0.360. The van der Waals surface area contributed by atoms with Crippen molar-refractivity contribution >= 4 is 10.8 Å². The van der Waals surface area contributed by atoms with Crippen LogP contribution in [0.2, 0.25) is 0 Å². The van der Waals surface area contributed by atoms with Crippen molar-refractivity contribution in [1.82, 2.24) is 0 Å². The summed E-state index contributed by atoms with van der Waals surface area (Å²) in [5, 5.41) is 1.37. The second kappa shape index (κ2) is 9.34. The quantitative estimate of drug-likeness (QED) is 0.333. The molecule has 0 unspecified atom stereocenters. The van der Waals surface area contributed by atoms with E-state index in [2.05, 4.69) is 6.92 Å². The number of aryl methyl sites for hydroxylation is 2. The zero-order valence-corrected chi connectivity index (χ0v) is 17.0. The number of ether oxygens (including phenoxy) is 1. The SMILES string of the molecule is CCCCCc1ccc2cc(OC(F)(F)c3ccc(CCC)cc3)c(F)cc2c1. The molecule has 0 N–H and O–H groups in total. The second-order valence-electron chi connectivity index (χ2n) is 7.49. The molecular formula is C25H27F3O. The Kier molecular flexibility index (Phi) is 6.83. The maximum Gasteiger partial charge on any atom is 0.426 e. The highest BCUT2D eigenvalue weighted by Crippen LogP contribution is 2.35. The van der Waals surface area contributed by atoms with Gasteiger partial charge in [0.25, 0.3) is 0 Å². The van der Waals surface area contributed by atoms with Crippen LogP contribution in [-0.4, -0.2) is 0 Å². The summed E-state index contributed by atoms with van der Waals surface area (Å²) in [5.41, 5.74) is 1.82. The van der Waals surface area contributed by atoms with Crippen molar-refractivity contribution in [2.45, 2.75) is 58.5 Å². The van der Waals surface area contributed by atoms with Crippen molar-refractivity contribution in [1.29, 1.82) is 0 Å². The van der Waals surface area contributed by atoms with Gasteiger partial charge in [0.05, 0.1) is 5.56 Å². The first kappa shape index (κ1) is 21.2. The standard InChI is InChI=1S/C25H27F3O/c1-3-5-6-8-19-9-12-20-17-24(23(26)16-21(20)15-19)29-25(27,28)22-13-10-18(7-4-2)11-14-22/h9-17H,3-8H2,1-2H3. The molecule has 0 aliphatic rings. The molecule has 0 saturated heterocycles. The molecule has 4 heteroatoms. The number of hydrogen-bond donors (Lipinski definition) is 0. The molecule has 0 aromatic heterocycles. The summed E-state index contributed by atoms with van der Waals surface area (Å²) in [7, 11) is 0. The molecule has 1 nitrogen and oxygen atoms in total. The molecule has 0 bridgehead atoms. The van der Waals surface area contributed by atoms with E-state index in [1.165, 1.54) is 24.3 Å². The average molecular weight is 400 g/mol. The maximum atomic E-state index is 14.6. The van der Waals surface area contributed by atoms with E-state index in [0.29, 0.717) is 10.8 Å². The van der Waals surface area contributed by atoms with Gasteiger partial charge < -0.3 is 4.74 Å². The minimum Gasteiger partial charge on any atom is -0.426 e. The third kappa shape index (κ3) is 5.31. The lowest BCUT2D eigenvalue weighted by molar-refractivity contribution is -0.186. The summed E-state index contributed by atoms with van der Waals surface area (Å²) < 4.78 is 48.5. The summed E-state index contributed by atoms with van der Waals surface area (Å²) in [6.45, 7) is 4.18.